The molecule has 0 amide bonds. The van der Waals surface area contributed by atoms with Gasteiger partial charge in [-0.05, 0) is 24.1 Å². The van der Waals surface area contributed by atoms with Crippen LogP contribution in [0.5, 0.6) is 0 Å². The van der Waals surface area contributed by atoms with Gasteiger partial charge in [0.15, 0.2) is 0 Å². The van der Waals surface area contributed by atoms with E-state index in [-0.39, 0.29) is 16.5 Å². The fourth-order valence-corrected chi connectivity index (χ4v) is 2.52. The molecule has 1 unspecified atom stereocenters. The lowest BCUT2D eigenvalue weighted by molar-refractivity contribution is 0.528. The lowest BCUT2D eigenvalue weighted by Gasteiger charge is -2.12. The number of anilines is 1. The maximum atomic E-state index is 13.0. The molecule has 1 atom stereocenters. The van der Waals surface area contributed by atoms with Crippen molar-refractivity contribution in [3.05, 3.63) is 24.0 Å². The molecule has 0 saturated heterocycles. The number of halogens is 1. The van der Waals surface area contributed by atoms with Gasteiger partial charge in [0.25, 0.3) is 0 Å². The number of hydrogen-bond acceptors (Lipinski definition) is 3. The van der Waals surface area contributed by atoms with Crippen LogP contribution in [0.15, 0.2) is 23.1 Å². The summed E-state index contributed by atoms with van der Waals surface area (Å²) < 4.78 is 39.1. The molecule has 0 aliphatic heterocycles. The third-order valence-corrected chi connectivity index (χ3v) is 4.06. The molecule has 0 aliphatic rings. The fraction of sp³-hybridized carbons (Fsp3) is 0.455. The molecular formula is C11H17FN2O2S. The zero-order valence-corrected chi connectivity index (χ0v) is 10.7. The summed E-state index contributed by atoms with van der Waals surface area (Å²) in [6.45, 7) is 4.21. The molecule has 0 spiro atoms. The number of nitrogens with two attached hydrogens (primary N) is 1. The second-order valence-electron chi connectivity index (χ2n) is 4.05. The number of hydrogen-bond donors (Lipinski definition) is 2. The Bertz CT molecular complexity index is 488. The topological polar surface area (TPSA) is 72.2 Å². The van der Waals surface area contributed by atoms with Crippen molar-refractivity contribution in [1.29, 1.82) is 0 Å². The molecule has 0 heterocycles. The molecule has 0 fully saturated rings. The molecule has 0 saturated carbocycles. The minimum absolute atomic E-state index is 0.0445. The third-order valence-electron chi connectivity index (χ3n) is 2.58. The second-order valence-corrected chi connectivity index (χ2v) is 5.78. The van der Waals surface area contributed by atoms with Crippen LogP contribution in [-0.2, 0) is 10.0 Å². The number of sulfonamides is 1. The summed E-state index contributed by atoms with van der Waals surface area (Å²) in [4.78, 5) is -0.208. The van der Waals surface area contributed by atoms with E-state index in [1.165, 1.54) is 6.07 Å². The van der Waals surface area contributed by atoms with Gasteiger partial charge < -0.3 is 5.73 Å². The summed E-state index contributed by atoms with van der Waals surface area (Å²) in [6.07, 6.45) is 0.862. The molecule has 6 heteroatoms. The Labute approximate surface area is 101 Å². The van der Waals surface area contributed by atoms with Crippen LogP contribution in [-0.4, -0.2) is 15.0 Å². The summed E-state index contributed by atoms with van der Waals surface area (Å²) in [7, 11) is -3.73. The maximum absolute atomic E-state index is 13.0. The molecule has 17 heavy (non-hydrogen) atoms. The highest BCUT2D eigenvalue weighted by Gasteiger charge is 2.18. The zero-order valence-electron chi connectivity index (χ0n) is 9.90. The van der Waals surface area contributed by atoms with Gasteiger partial charge in [0, 0.05) is 6.54 Å². The maximum Gasteiger partial charge on any atom is 0.242 e. The number of rotatable bonds is 5. The van der Waals surface area contributed by atoms with Gasteiger partial charge in [-0.2, -0.15) is 0 Å². The van der Waals surface area contributed by atoms with E-state index in [9.17, 15) is 12.8 Å². The van der Waals surface area contributed by atoms with Gasteiger partial charge in [-0.1, -0.05) is 20.3 Å². The molecule has 1 aromatic rings. The van der Waals surface area contributed by atoms with Crippen LogP contribution >= 0.6 is 0 Å². The average molecular weight is 260 g/mol. The Hall–Kier alpha value is -1.14. The molecule has 4 nitrogen and oxygen atoms in total. The van der Waals surface area contributed by atoms with E-state index in [0.29, 0.717) is 6.54 Å². The summed E-state index contributed by atoms with van der Waals surface area (Å²) >= 11 is 0. The van der Waals surface area contributed by atoms with Crippen LogP contribution < -0.4 is 10.5 Å². The third kappa shape index (κ3) is 3.67. The predicted molar refractivity (Wildman–Crippen MR) is 65.5 cm³/mol. The van der Waals surface area contributed by atoms with Crippen LogP contribution in [0, 0.1) is 11.7 Å². The smallest absolute Gasteiger partial charge is 0.242 e. The van der Waals surface area contributed by atoms with Crippen LogP contribution in [0.4, 0.5) is 10.1 Å². The highest BCUT2D eigenvalue weighted by atomic mass is 32.2. The number of benzene rings is 1. The van der Waals surface area contributed by atoms with Crippen molar-refractivity contribution < 1.29 is 12.8 Å². The minimum atomic E-state index is -3.73. The van der Waals surface area contributed by atoms with Gasteiger partial charge in [0.1, 0.15) is 10.7 Å². The van der Waals surface area contributed by atoms with E-state index in [1.807, 2.05) is 13.8 Å². The Morgan fingerprint density at radius 1 is 1.47 bits per heavy atom. The molecule has 0 aromatic heterocycles. The van der Waals surface area contributed by atoms with E-state index in [2.05, 4.69) is 4.72 Å². The Balaban J connectivity index is 2.93. The highest BCUT2D eigenvalue weighted by Crippen LogP contribution is 2.19. The van der Waals surface area contributed by atoms with Crippen molar-refractivity contribution >= 4 is 15.7 Å². The lowest BCUT2D eigenvalue weighted by Crippen LogP contribution is -2.29. The molecule has 0 radical (unpaired) electrons. The largest absolute Gasteiger partial charge is 0.398 e. The highest BCUT2D eigenvalue weighted by molar-refractivity contribution is 7.89. The van der Waals surface area contributed by atoms with Crippen LogP contribution in [0.2, 0.25) is 0 Å². The van der Waals surface area contributed by atoms with Gasteiger partial charge in [-0.25, -0.2) is 17.5 Å². The molecule has 3 N–H and O–H groups in total. The summed E-state index contributed by atoms with van der Waals surface area (Å²) in [5, 5.41) is 0. The van der Waals surface area contributed by atoms with E-state index >= 15 is 0 Å². The molecule has 96 valence electrons. The normalized spacial score (nSPS) is 13.6. The van der Waals surface area contributed by atoms with Gasteiger partial charge in [0.2, 0.25) is 10.0 Å². The molecular weight excluding hydrogens is 243 g/mol. The van der Waals surface area contributed by atoms with Crippen molar-refractivity contribution in [2.45, 2.75) is 25.2 Å². The van der Waals surface area contributed by atoms with E-state index in [1.54, 1.807) is 0 Å². The van der Waals surface area contributed by atoms with Crippen LogP contribution in [0.3, 0.4) is 0 Å². The fourth-order valence-electron chi connectivity index (χ4n) is 1.21. The second kappa shape index (κ2) is 5.46. The molecule has 1 rings (SSSR count). The number of nitrogen functional groups attached to an aromatic ring is 1. The first-order chi connectivity index (χ1) is 7.86. The zero-order chi connectivity index (χ0) is 13.1. The van der Waals surface area contributed by atoms with Crippen molar-refractivity contribution in [3.63, 3.8) is 0 Å². The monoisotopic (exact) mass is 260 g/mol. The van der Waals surface area contributed by atoms with Crippen molar-refractivity contribution in [2.24, 2.45) is 5.92 Å². The Morgan fingerprint density at radius 2 is 2.12 bits per heavy atom. The van der Waals surface area contributed by atoms with Crippen molar-refractivity contribution in [3.8, 4) is 0 Å². The van der Waals surface area contributed by atoms with Gasteiger partial charge in [0.05, 0.1) is 5.69 Å². The summed E-state index contributed by atoms with van der Waals surface area (Å²) in [5.74, 6) is -0.400. The Kier molecular flexibility index (Phi) is 4.47. The van der Waals surface area contributed by atoms with Gasteiger partial charge in [-0.15, -0.1) is 0 Å². The molecule has 1 aromatic carbocycles. The van der Waals surface area contributed by atoms with Crippen LogP contribution in [0.25, 0.3) is 0 Å². The standard InChI is InChI=1S/C11H17FN2O2S/c1-3-8(2)7-14-17(15,16)11-6-9(12)4-5-10(11)13/h4-6,8,14H,3,7,13H2,1-2H3. The Morgan fingerprint density at radius 3 is 2.71 bits per heavy atom. The molecule has 0 bridgehead atoms. The minimum Gasteiger partial charge on any atom is -0.398 e. The summed E-state index contributed by atoms with van der Waals surface area (Å²) in [6, 6.07) is 3.30. The van der Waals surface area contributed by atoms with Crippen molar-refractivity contribution in [2.75, 3.05) is 12.3 Å². The van der Waals surface area contributed by atoms with E-state index < -0.39 is 15.8 Å². The van der Waals surface area contributed by atoms with E-state index in [0.717, 1.165) is 18.6 Å². The number of nitrogens with one attached hydrogen (secondary N) is 1. The predicted octanol–water partition coefficient (Wildman–Crippen LogP) is 1.73. The van der Waals surface area contributed by atoms with Crippen molar-refractivity contribution in [1.82, 2.24) is 4.72 Å². The van der Waals surface area contributed by atoms with E-state index in [4.69, 9.17) is 5.73 Å². The van der Waals surface area contributed by atoms with Crippen LogP contribution in [0.1, 0.15) is 20.3 Å². The SMILES string of the molecule is CCC(C)CNS(=O)(=O)c1cc(F)ccc1N. The van der Waals surface area contributed by atoms with Gasteiger partial charge >= 0.3 is 0 Å². The van der Waals surface area contributed by atoms with Gasteiger partial charge in [-0.3, -0.25) is 0 Å². The molecule has 0 aliphatic carbocycles. The first-order valence-corrected chi connectivity index (χ1v) is 6.89. The quantitative estimate of drug-likeness (QED) is 0.792. The lowest BCUT2D eigenvalue weighted by atomic mass is 10.1. The first kappa shape index (κ1) is 13.9. The summed E-state index contributed by atoms with van der Waals surface area (Å²) in [5.41, 5.74) is 5.57. The first-order valence-electron chi connectivity index (χ1n) is 5.41. The average Bonchev–Trinajstić information content (AvgIpc) is 2.29.